The SMILES string of the molecule is COc1cc(O)n(C)c(=O)n1. The van der Waals surface area contributed by atoms with E-state index in [0.29, 0.717) is 0 Å². The van der Waals surface area contributed by atoms with Crippen molar-refractivity contribution in [3.8, 4) is 11.8 Å². The lowest BCUT2D eigenvalue weighted by Crippen LogP contribution is -2.19. The molecule has 1 aromatic rings. The highest BCUT2D eigenvalue weighted by molar-refractivity contribution is 5.17. The van der Waals surface area contributed by atoms with Crippen molar-refractivity contribution in [1.29, 1.82) is 0 Å². The molecule has 60 valence electrons. The van der Waals surface area contributed by atoms with Gasteiger partial charge in [-0.2, -0.15) is 4.98 Å². The van der Waals surface area contributed by atoms with Crippen molar-refractivity contribution in [2.45, 2.75) is 0 Å². The molecule has 1 N–H and O–H groups in total. The van der Waals surface area contributed by atoms with E-state index in [4.69, 9.17) is 5.11 Å². The molecule has 1 rings (SSSR count). The Bertz CT molecular complexity index is 318. The molecular weight excluding hydrogens is 148 g/mol. The molecular formula is C6H8N2O3. The molecule has 0 unspecified atom stereocenters. The van der Waals surface area contributed by atoms with Crippen LogP contribution < -0.4 is 10.4 Å². The third-order valence-electron chi connectivity index (χ3n) is 1.30. The minimum atomic E-state index is -0.540. The quantitative estimate of drug-likeness (QED) is 0.595. The zero-order chi connectivity index (χ0) is 8.43. The summed E-state index contributed by atoms with van der Waals surface area (Å²) in [7, 11) is 2.80. The van der Waals surface area contributed by atoms with Gasteiger partial charge in [0.25, 0.3) is 0 Å². The first-order valence-corrected chi connectivity index (χ1v) is 2.96. The normalized spacial score (nSPS) is 9.64. The van der Waals surface area contributed by atoms with Crippen LogP contribution in [0.3, 0.4) is 0 Å². The predicted molar refractivity (Wildman–Crippen MR) is 37.7 cm³/mol. The van der Waals surface area contributed by atoms with E-state index in [-0.39, 0.29) is 11.8 Å². The van der Waals surface area contributed by atoms with Gasteiger partial charge in [0.05, 0.1) is 13.2 Å². The van der Waals surface area contributed by atoms with E-state index in [2.05, 4.69) is 9.72 Å². The predicted octanol–water partition coefficient (Wildman–Crippen LogP) is -0.506. The van der Waals surface area contributed by atoms with Gasteiger partial charge in [0.1, 0.15) is 0 Å². The first-order chi connectivity index (χ1) is 5.15. The van der Waals surface area contributed by atoms with Crippen molar-refractivity contribution in [3.05, 3.63) is 16.6 Å². The number of methoxy groups -OCH3 is 1. The molecule has 11 heavy (non-hydrogen) atoms. The van der Waals surface area contributed by atoms with E-state index in [1.54, 1.807) is 0 Å². The molecule has 0 spiro atoms. The van der Waals surface area contributed by atoms with Crippen molar-refractivity contribution in [3.63, 3.8) is 0 Å². The van der Waals surface area contributed by atoms with Gasteiger partial charge in [-0.05, 0) is 0 Å². The van der Waals surface area contributed by atoms with Crippen LogP contribution in [0.5, 0.6) is 11.8 Å². The van der Waals surface area contributed by atoms with Crippen LogP contribution in [0.1, 0.15) is 0 Å². The van der Waals surface area contributed by atoms with Gasteiger partial charge in [-0.25, -0.2) is 4.79 Å². The molecule has 0 aliphatic rings. The number of nitrogens with zero attached hydrogens (tertiary/aromatic N) is 2. The summed E-state index contributed by atoms with van der Waals surface area (Å²) < 4.78 is 5.66. The number of rotatable bonds is 1. The number of ether oxygens (including phenoxy) is 1. The molecule has 0 radical (unpaired) electrons. The summed E-state index contributed by atoms with van der Waals surface area (Å²) >= 11 is 0. The van der Waals surface area contributed by atoms with Crippen LogP contribution in [0, 0.1) is 0 Å². The lowest BCUT2D eigenvalue weighted by atomic mass is 10.6. The summed E-state index contributed by atoms with van der Waals surface area (Å²) in [5, 5.41) is 9.06. The molecule has 1 aromatic heterocycles. The fourth-order valence-corrected chi connectivity index (χ4v) is 0.611. The largest absolute Gasteiger partial charge is 0.494 e. The topological polar surface area (TPSA) is 64.3 Å². The standard InChI is InChI=1S/C6H8N2O3/c1-8-5(9)3-4(11-2)7-6(8)10/h3,9H,1-2H3. The zero-order valence-corrected chi connectivity index (χ0v) is 6.24. The fraction of sp³-hybridized carbons (Fsp3) is 0.333. The molecule has 1 heterocycles. The Morgan fingerprint density at radius 3 is 2.82 bits per heavy atom. The molecule has 0 bridgehead atoms. The molecule has 0 saturated heterocycles. The van der Waals surface area contributed by atoms with Crippen molar-refractivity contribution in [1.82, 2.24) is 9.55 Å². The summed E-state index contributed by atoms with van der Waals surface area (Å²) in [5.41, 5.74) is -0.540. The number of hydrogen-bond donors (Lipinski definition) is 1. The Kier molecular flexibility index (Phi) is 1.80. The van der Waals surface area contributed by atoms with E-state index in [0.717, 1.165) is 4.57 Å². The summed E-state index contributed by atoms with van der Waals surface area (Å²) in [6, 6.07) is 1.27. The fourth-order valence-electron chi connectivity index (χ4n) is 0.611. The summed E-state index contributed by atoms with van der Waals surface area (Å²) in [6.07, 6.45) is 0. The average molecular weight is 156 g/mol. The number of aromatic nitrogens is 2. The minimum absolute atomic E-state index is 0.116. The minimum Gasteiger partial charge on any atom is -0.494 e. The lowest BCUT2D eigenvalue weighted by molar-refractivity contribution is 0.372. The average Bonchev–Trinajstić information content (AvgIpc) is 1.99. The first-order valence-electron chi connectivity index (χ1n) is 2.96. The van der Waals surface area contributed by atoms with Gasteiger partial charge in [-0.3, -0.25) is 4.57 Å². The third-order valence-corrected chi connectivity index (χ3v) is 1.30. The second-order valence-electron chi connectivity index (χ2n) is 2.00. The molecule has 0 amide bonds. The monoisotopic (exact) mass is 156 g/mol. The molecule has 5 nitrogen and oxygen atoms in total. The van der Waals surface area contributed by atoms with E-state index >= 15 is 0 Å². The molecule has 0 fully saturated rings. The summed E-state index contributed by atoms with van der Waals surface area (Å²) in [4.78, 5) is 14.3. The Morgan fingerprint density at radius 2 is 2.36 bits per heavy atom. The van der Waals surface area contributed by atoms with Crippen LogP contribution in [-0.2, 0) is 7.05 Å². The maximum atomic E-state index is 10.8. The van der Waals surface area contributed by atoms with Gasteiger partial charge >= 0.3 is 5.69 Å². The van der Waals surface area contributed by atoms with E-state index in [9.17, 15) is 4.79 Å². The van der Waals surface area contributed by atoms with Gasteiger partial charge in [0.15, 0.2) is 5.88 Å². The second-order valence-corrected chi connectivity index (χ2v) is 2.00. The number of aromatic hydroxyl groups is 1. The highest BCUT2D eigenvalue weighted by Crippen LogP contribution is 2.09. The van der Waals surface area contributed by atoms with Crippen molar-refractivity contribution < 1.29 is 9.84 Å². The van der Waals surface area contributed by atoms with Crippen molar-refractivity contribution >= 4 is 0 Å². The molecule has 0 aromatic carbocycles. The maximum Gasteiger partial charge on any atom is 0.353 e. The van der Waals surface area contributed by atoms with Crippen molar-refractivity contribution in [2.75, 3.05) is 7.11 Å². The molecule has 0 aliphatic carbocycles. The highest BCUT2D eigenvalue weighted by atomic mass is 16.5. The van der Waals surface area contributed by atoms with Gasteiger partial charge < -0.3 is 9.84 Å². The molecule has 0 saturated carbocycles. The van der Waals surface area contributed by atoms with Crippen LogP contribution >= 0.6 is 0 Å². The van der Waals surface area contributed by atoms with Gasteiger partial charge in [-0.15, -0.1) is 0 Å². The van der Waals surface area contributed by atoms with Crippen LogP contribution in [0.15, 0.2) is 10.9 Å². The third kappa shape index (κ3) is 1.31. The van der Waals surface area contributed by atoms with Crippen LogP contribution in [0.2, 0.25) is 0 Å². The van der Waals surface area contributed by atoms with Crippen LogP contribution in [0.4, 0.5) is 0 Å². The summed E-state index contributed by atoms with van der Waals surface area (Å²) in [6.45, 7) is 0. The smallest absolute Gasteiger partial charge is 0.353 e. The first kappa shape index (κ1) is 7.59. The Labute approximate surface area is 62.9 Å². The van der Waals surface area contributed by atoms with Gasteiger partial charge in [-0.1, -0.05) is 0 Å². The van der Waals surface area contributed by atoms with Crippen LogP contribution in [0.25, 0.3) is 0 Å². The Hall–Kier alpha value is -1.52. The van der Waals surface area contributed by atoms with E-state index < -0.39 is 5.69 Å². The van der Waals surface area contributed by atoms with E-state index in [1.165, 1.54) is 20.2 Å². The van der Waals surface area contributed by atoms with Crippen LogP contribution in [-0.4, -0.2) is 21.8 Å². The van der Waals surface area contributed by atoms with Gasteiger partial charge in [0.2, 0.25) is 5.88 Å². The number of hydrogen-bond acceptors (Lipinski definition) is 4. The highest BCUT2D eigenvalue weighted by Gasteiger charge is 2.01. The summed E-state index contributed by atoms with van der Waals surface area (Å²) in [5.74, 6) is -0.0487. The zero-order valence-electron chi connectivity index (χ0n) is 6.24. The Morgan fingerprint density at radius 1 is 1.73 bits per heavy atom. The molecule has 5 heteroatoms. The second kappa shape index (κ2) is 2.61. The van der Waals surface area contributed by atoms with Gasteiger partial charge in [0, 0.05) is 7.05 Å². The Balaban J connectivity index is 3.32. The van der Waals surface area contributed by atoms with Crippen molar-refractivity contribution in [2.24, 2.45) is 7.05 Å². The lowest BCUT2D eigenvalue weighted by Gasteiger charge is -2.01. The van der Waals surface area contributed by atoms with E-state index in [1.807, 2.05) is 0 Å². The molecule has 0 atom stereocenters. The maximum absolute atomic E-state index is 10.8. The molecule has 0 aliphatic heterocycles.